The molecular weight excluding hydrogens is 1420 g/mol. The van der Waals surface area contributed by atoms with Gasteiger partial charge in [0.25, 0.3) is 15.6 Å². The van der Waals surface area contributed by atoms with E-state index in [0.717, 1.165) is 116 Å². The van der Waals surface area contributed by atoms with Gasteiger partial charge in [0.1, 0.15) is 12.2 Å². The zero-order valence-electron chi connectivity index (χ0n) is 70.8. The maximum atomic E-state index is 13.7. The average Bonchev–Trinajstić information content (AvgIpc) is 0.880. The molecule has 0 saturated heterocycles. The van der Waals surface area contributed by atoms with Crippen LogP contribution < -0.4 is 90.2 Å². The van der Waals surface area contributed by atoms with Gasteiger partial charge in [0, 0.05) is 38.8 Å². The van der Waals surface area contributed by atoms with Gasteiger partial charge in [0.2, 0.25) is 11.8 Å². The van der Waals surface area contributed by atoms with Crippen molar-refractivity contribution in [2.75, 3.05) is 39.5 Å². The smallest absolute Gasteiger partial charge is 0.756 e. The summed E-state index contributed by atoms with van der Waals surface area (Å²) in [5.74, 6) is -1.50. The molecule has 4 unspecified atom stereocenters. The largest absolute Gasteiger partial charge is 1.00 e. The molecule has 0 fully saturated rings. The maximum Gasteiger partial charge on any atom is 1.00 e. The molecule has 19 nitrogen and oxygen atoms in total. The van der Waals surface area contributed by atoms with Crippen molar-refractivity contribution in [3.8, 4) is 0 Å². The Bertz CT molecular complexity index is 2060. The molecule has 0 rings (SSSR count). The fourth-order valence-electron chi connectivity index (χ4n) is 13.0. The first-order valence-corrected chi connectivity index (χ1v) is 47.0. The number of carbonyl (C=O) groups is 5. The third-order valence-electron chi connectivity index (χ3n) is 19.7. The molecule has 0 aliphatic rings. The summed E-state index contributed by atoms with van der Waals surface area (Å²) in [5, 5.41) is 10.8. The van der Waals surface area contributed by atoms with Crippen molar-refractivity contribution in [1.82, 2.24) is 21.3 Å². The summed E-state index contributed by atoms with van der Waals surface area (Å²) >= 11 is 0. The van der Waals surface area contributed by atoms with E-state index < -0.39 is 84.3 Å². The third kappa shape index (κ3) is 77.4. The summed E-state index contributed by atoms with van der Waals surface area (Å²) in [7, 11) is -10.1. The Morgan fingerprint density at radius 1 is 0.315 bits per heavy atom. The molecule has 4 amide bonds. The monoisotopic (exact) mass is 1590 g/mol. The summed E-state index contributed by atoms with van der Waals surface area (Å²) in [6, 6.07) is -2.90. The van der Waals surface area contributed by atoms with Crippen molar-refractivity contribution >= 4 is 45.4 Å². The van der Waals surface area contributed by atoms with E-state index in [-0.39, 0.29) is 110 Å². The molecule has 0 aromatic heterocycles. The van der Waals surface area contributed by atoms with E-state index in [9.17, 15) is 42.9 Å². The first-order valence-electron chi connectivity index (χ1n) is 44.1. The Labute approximate surface area is 705 Å². The third-order valence-corrected chi connectivity index (χ3v) is 21.6. The van der Waals surface area contributed by atoms with Crippen LogP contribution in [0, 0.1) is 0 Å². The van der Waals surface area contributed by atoms with Crippen LogP contribution in [0.1, 0.15) is 427 Å². The Morgan fingerprint density at radius 2 is 0.537 bits per heavy atom. The van der Waals surface area contributed by atoms with Crippen molar-refractivity contribution < 1.29 is 130 Å². The van der Waals surface area contributed by atoms with Gasteiger partial charge < -0.3 is 58.6 Å². The summed E-state index contributed by atoms with van der Waals surface area (Å²) in [5.41, 5.74) is 0. The van der Waals surface area contributed by atoms with Crippen molar-refractivity contribution in [1.29, 1.82) is 0 Å². The second kappa shape index (κ2) is 83.8. The molecule has 0 aromatic carbocycles. The van der Waals surface area contributed by atoms with Gasteiger partial charge in [-0.3, -0.25) is 28.3 Å². The van der Waals surface area contributed by atoms with Gasteiger partial charge in [-0.1, -0.05) is 362 Å². The Hall–Kier alpha value is -1.15. The number of rotatable bonds is 82. The van der Waals surface area contributed by atoms with E-state index in [2.05, 4.69) is 62.8 Å². The minimum atomic E-state index is -5.07. The summed E-state index contributed by atoms with van der Waals surface area (Å²) in [6.07, 6.45) is 67.5. The van der Waals surface area contributed by atoms with Gasteiger partial charge >= 0.3 is 77.1 Å². The molecule has 0 aliphatic carbocycles. The van der Waals surface area contributed by atoms with Crippen LogP contribution in [0.25, 0.3) is 0 Å². The van der Waals surface area contributed by atoms with Crippen molar-refractivity contribution in [2.24, 2.45) is 0 Å². The van der Waals surface area contributed by atoms with E-state index in [1.54, 1.807) is 12.2 Å². The second-order valence-corrected chi connectivity index (χ2v) is 32.8. The zero-order valence-corrected chi connectivity index (χ0v) is 76.6. The van der Waals surface area contributed by atoms with Crippen LogP contribution in [-0.4, -0.2) is 93.6 Å². The predicted octanol–water partition coefficient (Wildman–Crippen LogP) is 16.7. The van der Waals surface area contributed by atoms with Gasteiger partial charge in [-0.05, 0) is 63.5 Å². The van der Waals surface area contributed by atoms with Crippen LogP contribution in [0.3, 0.4) is 0 Å². The number of hydrogen-bond acceptors (Lipinski definition) is 15. The number of carbonyl (C=O) groups excluding carboxylic acids is 5. The molecule has 4 N–H and O–H groups in total. The van der Waals surface area contributed by atoms with Crippen LogP contribution >= 0.6 is 15.6 Å². The van der Waals surface area contributed by atoms with Gasteiger partial charge in [0.05, 0.1) is 38.5 Å². The number of unbranched alkanes of at least 4 members (excludes halogenated alkanes) is 50. The number of esters is 2. The molecule has 0 heterocycles. The number of allylic oxidation sites excluding steroid dienone is 2. The van der Waals surface area contributed by atoms with E-state index >= 15 is 0 Å². The Kier molecular flexibility index (Phi) is 86.1. The maximum absolute atomic E-state index is 13.7. The number of nitrogens with one attached hydrogen (secondary N) is 4. The van der Waals surface area contributed by atoms with Crippen molar-refractivity contribution in [3.05, 3.63) is 24.3 Å². The van der Waals surface area contributed by atoms with Gasteiger partial charge in [-0.25, -0.2) is 4.79 Å². The van der Waals surface area contributed by atoms with E-state index in [1.165, 1.54) is 205 Å². The predicted molar refractivity (Wildman–Crippen MR) is 433 cm³/mol. The molecule has 108 heavy (non-hydrogen) atoms. The van der Waals surface area contributed by atoms with Crippen molar-refractivity contribution in [3.63, 3.8) is 0 Å². The Balaban J connectivity index is -0.0000551. The number of phosphoric acid groups is 2. The van der Waals surface area contributed by atoms with Crippen LogP contribution in [0.15, 0.2) is 24.3 Å². The molecule has 23 heteroatoms. The van der Waals surface area contributed by atoms with Crippen LogP contribution in [0.4, 0.5) is 4.79 Å². The zero-order chi connectivity index (χ0) is 77.8. The van der Waals surface area contributed by atoms with Crippen LogP contribution in [0.5, 0.6) is 0 Å². The average molecular weight is 1590 g/mol. The van der Waals surface area contributed by atoms with E-state index in [1.807, 2.05) is 12.2 Å². The number of hydrogen-bond donors (Lipinski definition) is 4. The minimum absolute atomic E-state index is 0. The van der Waals surface area contributed by atoms with Crippen LogP contribution in [0.2, 0.25) is 0 Å². The van der Waals surface area contributed by atoms with Gasteiger partial charge in [0.15, 0.2) is 0 Å². The summed E-state index contributed by atoms with van der Waals surface area (Å²) in [4.78, 5) is 94.0. The number of urea groups is 1. The topological polar surface area (TPSA) is 269 Å². The van der Waals surface area contributed by atoms with Crippen molar-refractivity contribution in [2.45, 2.75) is 451 Å². The van der Waals surface area contributed by atoms with E-state index in [0.29, 0.717) is 38.5 Å². The number of phosphoric ester groups is 2. The normalized spacial score (nSPS) is 13.8. The van der Waals surface area contributed by atoms with E-state index in [4.69, 9.17) is 27.6 Å². The molecule has 0 aromatic rings. The van der Waals surface area contributed by atoms with Gasteiger partial charge in [-0.2, -0.15) is 0 Å². The quantitative estimate of drug-likeness (QED) is 0.0145. The first kappa shape index (κ1) is 111. The van der Waals surface area contributed by atoms with Crippen LogP contribution in [-0.2, 0) is 55.9 Å². The number of amides is 4. The second-order valence-electron chi connectivity index (χ2n) is 30.0. The number of ether oxygens (including phenoxy) is 2. The Morgan fingerprint density at radius 3 is 0.787 bits per heavy atom. The molecule has 0 radical (unpaired) electrons. The molecule has 0 aliphatic heterocycles. The standard InChI is InChI=1S/C85H164N4O15P2.2Na/c1-7-13-19-25-31-37-39-45-49-55-61-67-81(90)88-77(79(65-59-53-47-41-33-27-21-15-9-3)103-83(92)69-63-57-51-43-35-29-23-17-11-5)75-101-105(95,96)99-73-71-86-85(94)87-72-74-100-106(97,98)102-76-78(89-82(91)68-62-56-50-46-40-38-32-26-20-14-8-2)80(66-60-54-48-42-34-28-22-16-10-4)104-84(93)70-64-58-52-44-36-30-24-18-12-6;;/h59-60,65-66,77-80H,7-58,61-64,67-76H2,1-6H3,(H,88,90)(H,89,91)(H,95,96)(H,97,98)(H2,86,87,94);;/q;2*+1/p-2/b65-59+,66-60+;;/t77-,78-,79?,80?;;/m0../s1. The molecule has 6 atom stereocenters. The molecule has 0 saturated carbocycles. The molecule has 0 bridgehead atoms. The SMILES string of the molecule is CCCCCCCCC/C=C/C(OC(=O)CCCCCCCCCCC)[C@H](COP(=O)([O-])OCCNC(=O)NCCOP(=O)([O-])OC[C@H](NC(=O)CCCCCCCCCCCCC)C(/C=C/CCCCCCCCC)OC(=O)CCCCCCCCCCC)NC(=O)CCCCCCCCCCCCC.[Na+].[Na+]. The molecule has 0 spiro atoms. The molecular formula is C85H162N4Na2O15P2. The van der Waals surface area contributed by atoms with Gasteiger partial charge in [-0.15, -0.1) is 0 Å². The fraction of sp³-hybridized carbons (Fsp3) is 0.894. The minimum Gasteiger partial charge on any atom is -0.756 e. The summed E-state index contributed by atoms with van der Waals surface area (Å²) in [6.45, 7) is 10.4. The molecule has 624 valence electrons. The first-order chi connectivity index (χ1) is 51.6. The fourth-order valence-corrected chi connectivity index (χ4v) is 14.5. The summed E-state index contributed by atoms with van der Waals surface area (Å²) < 4.78 is 60.1.